The number of nitrogens with one attached hydrogen (secondary N) is 2. The zero-order valence-electron chi connectivity index (χ0n) is 24.4. The van der Waals surface area contributed by atoms with Crippen LogP contribution in [0.4, 0.5) is 5.95 Å². The monoisotopic (exact) mass is 588 g/mol. The lowest BCUT2D eigenvalue weighted by molar-refractivity contribution is -0.118. The number of anilines is 1. The van der Waals surface area contributed by atoms with E-state index in [9.17, 15) is 14.4 Å². The number of hydrogen-bond acceptors (Lipinski definition) is 9. The van der Waals surface area contributed by atoms with Crippen LogP contribution in [0, 0.1) is 6.92 Å². The molecule has 2 aromatic carbocycles. The Morgan fingerprint density at radius 1 is 0.930 bits per heavy atom. The molecule has 3 N–H and O–H groups in total. The molecule has 43 heavy (non-hydrogen) atoms. The summed E-state index contributed by atoms with van der Waals surface area (Å²) >= 11 is 0. The van der Waals surface area contributed by atoms with Crippen molar-refractivity contribution in [3.8, 4) is 11.5 Å². The van der Waals surface area contributed by atoms with Gasteiger partial charge >= 0.3 is 0 Å². The summed E-state index contributed by atoms with van der Waals surface area (Å²) in [4.78, 5) is 46.1. The average molecular weight is 589 g/mol. The van der Waals surface area contributed by atoms with Crippen molar-refractivity contribution in [1.82, 2.24) is 25.7 Å². The quantitative estimate of drug-likeness (QED) is 0.113. The Labute approximate surface area is 250 Å². The van der Waals surface area contributed by atoms with Crippen LogP contribution >= 0.6 is 0 Å². The molecular formula is C31H36N6O6. The Hall–Kier alpha value is -4.97. The minimum Gasteiger partial charge on any atom is -0.493 e. The highest BCUT2D eigenvalue weighted by Crippen LogP contribution is 2.32. The second-order valence-corrected chi connectivity index (χ2v) is 10.1. The van der Waals surface area contributed by atoms with Crippen LogP contribution in [0.15, 0.2) is 54.9 Å². The van der Waals surface area contributed by atoms with Gasteiger partial charge in [0.2, 0.25) is 12.4 Å². The van der Waals surface area contributed by atoms with Crippen molar-refractivity contribution in [2.24, 2.45) is 0 Å². The third-order valence-electron chi connectivity index (χ3n) is 6.99. The molecule has 226 valence electrons. The summed E-state index contributed by atoms with van der Waals surface area (Å²) in [6.45, 7) is 4.62. The summed E-state index contributed by atoms with van der Waals surface area (Å²) in [6, 6.07) is 13.9. The molecule has 2 heterocycles. The van der Waals surface area contributed by atoms with Gasteiger partial charge in [-0.3, -0.25) is 19.6 Å². The van der Waals surface area contributed by atoms with E-state index in [-0.39, 0.29) is 11.5 Å². The van der Waals surface area contributed by atoms with Gasteiger partial charge in [0.15, 0.2) is 11.5 Å². The van der Waals surface area contributed by atoms with E-state index in [4.69, 9.17) is 14.7 Å². The van der Waals surface area contributed by atoms with E-state index in [1.807, 2.05) is 60.4 Å². The number of hydroxylamine groups is 1. The first kappa shape index (κ1) is 31.0. The Morgan fingerprint density at radius 2 is 1.58 bits per heavy atom. The fourth-order valence-corrected chi connectivity index (χ4v) is 4.30. The van der Waals surface area contributed by atoms with Crippen molar-refractivity contribution in [3.05, 3.63) is 77.1 Å². The maximum Gasteiger partial charge on any atom is 0.277 e. The van der Waals surface area contributed by atoms with Crippen molar-refractivity contribution in [3.63, 3.8) is 0 Å². The number of carbonyl (C=O) groups is 3. The van der Waals surface area contributed by atoms with Gasteiger partial charge < -0.3 is 24.6 Å². The molecule has 3 amide bonds. The highest BCUT2D eigenvalue weighted by molar-refractivity contribution is 6.24. The van der Waals surface area contributed by atoms with Crippen LogP contribution in [-0.4, -0.2) is 84.7 Å². The van der Waals surface area contributed by atoms with Crippen LogP contribution in [0.5, 0.6) is 11.5 Å². The molecule has 2 aliphatic rings. The Balaban J connectivity index is 0.000000208. The van der Waals surface area contributed by atoms with Crippen LogP contribution in [-0.2, 0) is 9.59 Å². The van der Waals surface area contributed by atoms with E-state index in [1.54, 1.807) is 19.1 Å². The van der Waals surface area contributed by atoms with E-state index < -0.39 is 5.91 Å². The molecule has 3 aromatic rings. The minimum absolute atomic E-state index is 0.0599. The maximum atomic E-state index is 12.8. The SMILES string of the molecule is COc1ccc(/C(=C\c2ccc(C)cc2)C(=O)NC2CC2)cc1OC.O=CN1CCN(c2ncc(C(=O)NO)cn2)CC1. The largest absolute Gasteiger partial charge is 0.493 e. The number of ether oxygens (including phenoxy) is 2. The zero-order valence-corrected chi connectivity index (χ0v) is 24.4. The fraction of sp³-hybridized carbons (Fsp3) is 0.323. The van der Waals surface area contributed by atoms with Crippen molar-refractivity contribution >= 4 is 35.8 Å². The summed E-state index contributed by atoms with van der Waals surface area (Å²) in [6.07, 6.45) is 7.54. The number of benzene rings is 2. The number of aryl methyl sites for hydroxylation is 1. The number of carbonyl (C=O) groups excluding carboxylic acids is 3. The van der Waals surface area contributed by atoms with Crippen LogP contribution in [0.2, 0.25) is 0 Å². The molecule has 1 aliphatic carbocycles. The van der Waals surface area contributed by atoms with E-state index in [1.165, 1.54) is 23.4 Å². The number of amides is 3. The number of rotatable bonds is 9. The Bertz CT molecular complexity index is 1430. The number of nitrogens with zero attached hydrogens (tertiary/aromatic N) is 4. The van der Waals surface area contributed by atoms with Crippen LogP contribution in [0.1, 0.15) is 39.9 Å². The number of piperazine rings is 1. The normalized spacial score (nSPS) is 14.7. The highest BCUT2D eigenvalue weighted by atomic mass is 16.5. The van der Waals surface area contributed by atoms with E-state index in [0.717, 1.165) is 30.4 Å². The molecule has 5 rings (SSSR count). The van der Waals surface area contributed by atoms with E-state index in [2.05, 4.69) is 15.3 Å². The van der Waals surface area contributed by atoms with Crippen molar-refractivity contribution in [2.75, 3.05) is 45.3 Å². The molecule has 0 atom stereocenters. The van der Waals surface area contributed by atoms with E-state index >= 15 is 0 Å². The lowest BCUT2D eigenvalue weighted by Crippen LogP contribution is -2.46. The first-order valence-corrected chi connectivity index (χ1v) is 13.9. The smallest absolute Gasteiger partial charge is 0.277 e. The van der Waals surface area contributed by atoms with Gasteiger partial charge in [0.25, 0.3) is 11.8 Å². The molecule has 12 nitrogen and oxygen atoms in total. The fourth-order valence-electron chi connectivity index (χ4n) is 4.30. The predicted octanol–water partition coefficient (Wildman–Crippen LogP) is 2.71. The molecular weight excluding hydrogens is 552 g/mol. The Kier molecular flexibility index (Phi) is 10.6. The standard InChI is InChI=1S/C21H23NO3.C10H13N5O3/c1-14-4-6-15(7-5-14)12-18(21(23)22-17-9-10-17)16-8-11-19(24-2)20(13-16)25-3;16-7-14-1-3-15(4-2-14)10-11-5-8(6-12-10)9(17)13-18/h4-8,11-13,17H,9-10H2,1-3H3,(H,22,23);5-7,18H,1-4H2,(H,13,17)/b18-12+;. The molecule has 2 fully saturated rings. The van der Waals surface area contributed by atoms with Crippen LogP contribution in [0.25, 0.3) is 11.6 Å². The lowest BCUT2D eigenvalue weighted by Gasteiger charge is -2.32. The highest BCUT2D eigenvalue weighted by Gasteiger charge is 2.25. The van der Waals surface area contributed by atoms with Crippen LogP contribution in [0.3, 0.4) is 0 Å². The Morgan fingerprint density at radius 3 is 2.14 bits per heavy atom. The summed E-state index contributed by atoms with van der Waals surface area (Å²) in [7, 11) is 3.19. The lowest BCUT2D eigenvalue weighted by atomic mass is 10.0. The summed E-state index contributed by atoms with van der Waals surface area (Å²) in [5, 5.41) is 11.5. The van der Waals surface area contributed by atoms with Crippen molar-refractivity contribution in [1.29, 1.82) is 0 Å². The van der Waals surface area contributed by atoms with Gasteiger partial charge in [-0.2, -0.15) is 0 Å². The third kappa shape index (κ3) is 8.52. The molecule has 1 aromatic heterocycles. The van der Waals surface area contributed by atoms with Gasteiger partial charge in [-0.05, 0) is 49.1 Å². The van der Waals surface area contributed by atoms with Gasteiger partial charge in [-0.15, -0.1) is 0 Å². The minimum atomic E-state index is -0.646. The van der Waals surface area contributed by atoms with Gasteiger partial charge in [0.1, 0.15) is 0 Å². The second kappa shape index (κ2) is 14.8. The first-order chi connectivity index (χ1) is 20.8. The van der Waals surface area contributed by atoms with Gasteiger partial charge in [-0.1, -0.05) is 35.9 Å². The summed E-state index contributed by atoms with van der Waals surface area (Å²) in [5.74, 6) is 1.05. The van der Waals surface area contributed by atoms with Gasteiger partial charge in [0, 0.05) is 50.2 Å². The average Bonchev–Trinajstić information content (AvgIpc) is 3.88. The molecule has 1 aliphatic heterocycles. The molecule has 1 saturated carbocycles. The maximum absolute atomic E-state index is 12.8. The van der Waals surface area contributed by atoms with Gasteiger partial charge in [-0.25, -0.2) is 15.4 Å². The van der Waals surface area contributed by atoms with Gasteiger partial charge in [0.05, 0.1) is 19.8 Å². The topological polar surface area (TPSA) is 146 Å². The summed E-state index contributed by atoms with van der Waals surface area (Å²) in [5.41, 5.74) is 5.30. The number of aromatic nitrogens is 2. The molecule has 0 bridgehead atoms. The van der Waals surface area contributed by atoms with Crippen LogP contribution < -0.4 is 25.2 Å². The first-order valence-electron chi connectivity index (χ1n) is 13.9. The molecule has 0 unspecified atom stereocenters. The molecule has 12 heteroatoms. The van der Waals surface area contributed by atoms with Crippen molar-refractivity contribution in [2.45, 2.75) is 25.8 Å². The predicted molar refractivity (Wildman–Crippen MR) is 161 cm³/mol. The summed E-state index contributed by atoms with van der Waals surface area (Å²) < 4.78 is 10.7. The van der Waals surface area contributed by atoms with E-state index in [0.29, 0.717) is 55.2 Å². The molecule has 1 saturated heterocycles. The second-order valence-electron chi connectivity index (χ2n) is 10.1. The number of hydrogen-bond donors (Lipinski definition) is 3. The molecule has 0 spiro atoms. The zero-order chi connectivity index (χ0) is 30.8. The van der Waals surface area contributed by atoms with Crippen molar-refractivity contribution < 1.29 is 29.1 Å². The third-order valence-corrected chi connectivity index (χ3v) is 6.99. The molecule has 0 radical (unpaired) electrons. The number of methoxy groups -OCH3 is 2.